The Labute approximate surface area is 200 Å². The van der Waals surface area contributed by atoms with Crippen LogP contribution in [0, 0.1) is 0 Å². The molecule has 2 heterocycles. The summed E-state index contributed by atoms with van der Waals surface area (Å²) in [5, 5.41) is 6.86. The zero-order valence-corrected chi connectivity index (χ0v) is 21.2. The SMILES string of the molecule is CCNC(=NCc1ccc(CN2CCN(C)CC2)cc1)NCCN1CCCCC1.I. The van der Waals surface area contributed by atoms with Gasteiger partial charge in [0.15, 0.2) is 5.96 Å². The molecule has 170 valence electrons. The maximum Gasteiger partial charge on any atom is 0.191 e. The van der Waals surface area contributed by atoms with Gasteiger partial charge in [0.25, 0.3) is 0 Å². The fourth-order valence-electron chi connectivity index (χ4n) is 4.04. The first-order valence-corrected chi connectivity index (χ1v) is 11.5. The molecule has 2 aliphatic heterocycles. The van der Waals surface area contributed by atoms with Crippen LogP contribution in [0.2, 0.25) is 0 Å². The Kier molecular flexibility index (Phi) is 12.0. The molecule has 6 nitrogen and oxygen atoms in total. The van der Waals surface area contributed by atoms with E-state index in [2.05, 4.69) is 63.6 Å². The normalized spacial score (nSPS) is 19.3. The highest BCUT2D eigenvalue weighted by molar-refractivity contribution is 14.0. The van der Waals surface area contributed by atoms with E-state index < -0.39 is 0 Å². The van der Waals surface area contributed by atoms with Crippen molar-refractivity contribution in [3.63, 3.8) is 0 Å². The standard InChI is InChI=1S/C23H40N6.HI/c1-3-24-23(25-11-14-28-12-5-4-6-13-28)26-19-21-7-9-22(10-8-21)20-29-17-15-27(2)16-18-29;/h7-10H,3-6,11-20H2,1-2H3,(H2,24,25,26);1H. The average molecular weight is 529 g/mol. The second kappa shape index (κ2) is 14.2. The molecule has 2 saturated heterocycles. The summed E-state index contributed by atoms with van der Waals surface area (Å²) in [4.78, 5) is 12.3. The topological polar surface area (TPSA) is 46.1 Å². The van der Waals surface area contributed by atoms with Crippen molar-refractivity contribution in [1.82, 2.24) is 25.3 Å². The van der Waals surface area contributed by atoms with E-state index in [1.54, 1.807) is 0 Å². The highest BCUT2D eigenvalue weighted by Crippen LogP contribution is 2.10. The van der Waals surface area contributed by atoms with Gasteiger partial charge in [-0.2, -0.15) is 0 Å². The van der Waals surface area contributed by atoms with Crippen LogP contribution in [0.1, 0.15) is 37.3 Å². The number of guanidine groups is 1. The largest absolute Gasteiger partial charge is 0.357 e. The zero-order valence-electron chi connectivity index (χ0n) is 18.9. The van der Waals surface area contributed by atoms with Gasteiger partial charge in [-0.3, -0.25) is 4.90 Å². The fraction of sp³-hybridized carbons (Fsp3) is 0.696. The lowest BCUT2D eigenvalue weighted by atomic mass is 10.1. The fourth-order valence-corrected chi connectivity index (χ4v) is 4.04. The van der Waals surface area contributed by atoms with Gasteiger partial charge in [0, 0.05) is 52.4 Å². The quantitative estimate of drug-likeness (QED) is 0.309. The number of aliphatic imine (C=N–C) groups is 1. The molecule has 0 amide bonds. The van der Waals surface area contributed by atoms with E-state index in [1.165, 1.54) is 56.6 Å². The van der Waals surface area contributed by atoms with Crippen LogP contribution in [0.5, 0.6) is 0 Å². The van der Waals surface area contributed by atoms with Crippen molar-refractivity contribution in [2.24, 2.45) is 4.99 Å². The van der Waals surface area contributed by atoms with E-state index in [9.17, 15) is 0 Å². The number of hydrogen-bond acceptors (Lipinski definition) is 4. The molecule has 1 aromatic rings. The van der Waals surface area contributed by atoms with Crippen molar-refractivity contribution >= 4 is 29.9 Å². The van der Waals surface area contributed by atoms with E-state index in [-0.39, 0.29) is 24.0 Å². The molecule has 2 N–H and O–H groups in total. The van der Waals surface area contributed by atoms with Crippen LogP contribution >= 0.6 is 24.0 Å². The van der Waals surface area contributed by atoms with E-state index in [0.717, 1.165) is 45.2 Å². The predicted molar refractivity (Wildman–Crippen MR) is 138 cm³/mol. The third-order valence-corrected chi connectivity index (χ3v) is 5.96. The van der Waals surface area contributed by atoms with Crippen molar-refractivity contribution in [1.29, 1.82) is 0 Å². The van der Waals surface area contributed by atoms with Gasteiger partial charge in [0.2, 0.25) is 0 Å². The zero-order chi connectivity index (χ0) is 20.3. The van der Waals surface area contributed by atoms with Crippen molar-refractivity contribution in [2.45, 2.75) is 39.3 Å². The first kappa shape index (κ1) is 25.4. The number of nitrogens with one attached hydrogen (secondary N) is 2. The van der Waals surface area contributed by atoms with Gasteiger partial charge < -0.3 is 20.4 Å². The molecular weight excluding hydrogens is 487 g/mol. The Morgan fingerprint density at radius 2 is 1.53 bits per heavy atom. The molecule has 3 rings (SSSR count). The van der Waals surface area contributed by atoms with Crippen LogP contribution in [0.25, 0.3) is 0 Å². The van der Waals surface area contributed by atoms with Gasteiger partial charge in [-0.05, 0) is 51.0 Å². The molecule has 2 aliphatic rings. The Morgan fingerprint density at radius 1 is 0.867 bits per heavy atom. The summed E-state index contributed by atoms with van der Waals surface area (Å²) in [7, 11) is 2.21. The molecule has 0 aliphatic carbocycles. The molecule has 1 aromatic carbocycles. The first-order valence-electron chi connectivity index (χ1n) is 11.5. The maximum absolute atomic E-state index is 4.78. The molecule has 7 heteroatoms. The van der Waals surface area contributed by atoms with Gasteiger partial charge >= 0.3 is 0 Å². The number of benzene rings is 1. The number of piperidine rings is 1. The van der Waals surface area contributed by atoms with Gasteiger partial charge in [-0.1, -0.05) is 30.7 Å². The van der Waals surface area contributed by atoms with E-state index in [4.69, 9.17) is 4.99 Å². The average Bonchev–Trinajstić information content (AvgIpc) is 2.75. The molecule has 30 heavy (non-hydrogen) atoms. The first-order chi connectivity index (χ1) is 14.2. The number of nitrogens with zero attached hydrogens (tertiary/aromatic N) is 4. The third-order valence-electron chi connectivity index (χ3n) is 5.96. The molecule has 0 atom stereocenters. The van der Waals surface area contributed by atoms with Gasteiger partial charge in [-0.25, -0.2) is 4.99 Å². The summed E-state index contributed by atoms with van der Waals surface area (Å²) in [6, 6.07) is 8.98. The van der Waals surface area contributed by atoms with Crippen LogP contribution in [0.3, 0.4) is 0 Å². The molecular formula is C23H41IN6. The predicted octanol–water partition coefficient (Wildman–Crippen LogP) is 2.59. The minimum absolute atomic E-state index is 0. The van der Waals surface area contributed by atoms with Gasteiger partial charge in [0.05, 0.1) is 6.54 Å². The lowest BCUT2D eigenvalue weighted by Crippen LogP contribution is -2.43. The summed E-state index contributed by atoms with van der Waals surface area (Å²) >= 11 is 0. The highest BCUT2D eigenvalue weighted by Gasteiger charge is 2.13. The number of piperazine rings is 1. The monoisotopic (exact) mass is 528 g/mol. The number of hydrogen-bond donors (Lipinski definition) is 2. The van der Waals surface area contributed by atoms with E-state index in [0.29, 0.717) is 6.54 Å². The lowest BCUT2D eigenvalue weighted by Gasteiger charge is -2.32. The van der Waals surface area contributed by atoms with Crippen LogP contribution < -0.4 is 10.6 Å². The second-order valence-electron chi connectivity index (χ2n) is 8.42. The second-order valence-corrected chi connectivity index (χ2v) is 8.42. The smallest absolute Gasteiger partial charge is 0.191 e. The Hall–Kier alpha value is -0.900. The number of halogens is 1. The van der Waals surface area contributed by atoms with E-state index in [1.807, 2.05) is 0 Å². The molecule has 0 aromatic heterocycles. The van der Waals surface area contributed by atoms with Crippen molar-refractivity contribution in [2.75, 3.05) is 66.0 Å². The highest BCUT2D eigenvalue weighted by atomic mass is 127. The number of rotatable bonds is 8. The Morgan fingerprint density at radius 3 is 2.20 bits per heavy atom. The number of likely N-dealkylation sites (tertiary alicyclic amines) is 1. The summed E-state index contributed by atoms with van der Waals surface area (Å²) in [5.74, 6) is 0.922. The third kappa shape index (κ3) is 9.08. The number of likely N-dealkylation sites (N-methyl/N-ethyl adjacent to an activating group) is 1. The lowest BCUT2D eigenvalue weighted by molar-refractivity contribution is 0.148. The molecule has 0 spiro atoms. The van der Waals surface area contributed by atoms with Crippen molar-refractivity contribution < 1.29 is 0 Å². The van der Waals surface area contributed by atoms with Crippen LogP contribution in [0.4, 0.5) is 0 Å². The Balaban J connectivity index is 0.00000320. The van der Waals surface area contributed by atoms with Crippen molar-refractivity contribution in [3.8, 4) is 0 Å². The van der Waals surface area contributed by atoms with E-state index >= 15 is 0 Å². The summed E-state index contributed by atoms with van der Waals surface area (Å²) in [6.07, 6.45) is 4.08. The van der Waals surface area contributed by atoms with Gasteiger partial charge in [-0.15, -0.1) is 24.0 Å². The molecule has 0 saturated carbocycles. The molecule has 2 fully saturated rings. The Bertz CT molecular complexity index is 607. The summed E-state index contributed by atoms with van der Waals surface area (Å²) < 4.78 is 0. The molecule has 0 unspecified atom stereocenters. The molecule has 0 radical (unpaired) electrons. The van der Waals surface area contributed by atoms with Crippen LogP contribution in [-0.4, -0.2) is 86.6 Å². The summed E-state index contributed by atoms with van der Waals surface area (Å²) in [5.41, 5.74) is 2.66. The minimum atomic E-state index is 0. The maximum atomic E-state index is 4.78. The van der Waals surface area contributed by atoms with Gasteiger partial charge in [0.1, 0.15) is 0 Å². The summed E-state index contributed by atoms with van der Waals surface area (Å²) in [6.45, 7) is 14.0. The van der Waals surface area contributed by atoms with Crippen LogP contribution in [0.15, 0.2) is 29.3 Å². The van der Waals surface area contributed by atoms with Crippen LogP contribution in [-0.2, 0) is 13.1 Å². The minimum Gasteiger partial charge on any atom is -0.357 e. The molecule has 0 bridgehead atoms. The van der Waals surface area contributed by atoms with Crippen molar-refractivity contribution in [3.05, 3.63) is 35.4 Å².